The Morgan fingerprint density at radius 1 is 1.13 bits per heavy atom. The predicted molar refractivity (Wildman–Crippen MR) is 86.3 cm³/mol. The zero-order chi connectivity index (χ0) is 16.2. The number of nitrogens with one attached hydrogen (secondary N) is 1. The average molecular weight is 312 g/mol. The quantitative estimate of drug-likeness (QED) is 0.947. The van der Waals surface area contributed by atoms with Crippen LogP contribution in [0.1, 0.15) is 39.3 Å². The summed E-state index contributed by atoms with van der Waals surface area (Å²) in [5.74, 6) is 0.597. The van der Waals surface area contributed by atoms with Crippen molar-refractivity contribution in [3.8, 4) is 0 Å². The molecule has 0 unspecified atom stereocenters. The van der Waals surface area contributed by atoms with E-state index < -0.39 is 0 Å². The van der Waals surface area contributed by atoms with Gasteiger partial charge in [0.2, 0.25) is 0 Å². The molecule has 1 saturated heterocycles. The first-order chi connectivity index (χ1) is 11.1. The van der Waals surface area contributed by atoms with Gasteiger partial charge in [-0.1, -0.05) is 18.2 Å². The van der Waals surface area contributed by atoms with E-state index in [0.717, 1.165) is 12.8 Å². The molecule has 1 fully saturated rings. The Morgan fingerprint density at radius 2 is 1.83 bits per heavy atom. The van der Waals surface area contributed by atoms with Crippen molar-refractivity contribution in [3.63, 3.8) is 0 Å². The molecule has 2 amide bonds. The van der Waals surface area contributed by atoms with Crippen molar-refractivity contribution in [2.24, 2.45) is 0 Å². The van der Waals surface area contributed by atoms with Crippen molar-refractivity contribution >= 4 is 11.8 Å². The minimum atomic E-state index is -0.0546. The van der Waals surface area contributed by atoms with Gasteiger partial charge in [0.05, 0.1) is 11.8 Å². The van der Waals surface area contributed by atoms with Crippen molar-refractivity contribution in [1.82, 2.24) is 10.2 Å². The van der Waals surface area contributed by atoms with E-state index in [4.69, 9.17) is 4.42 Å². The van der Waals surface area contributed by atoms with E-state index in [1.807, 2.05) is 23.1 Å². The number of carbonyl (C=O) groups excluding carboxylic acids is 2. The summed E-state index contributed by atoms with van der Waals surface area (Å²) in [6.07, 6.45) is 3.07. The lowest BCUT2D eigenvalue weighted by molar-refractivity contribution is 0.0696. The van der Waals surface area contributed by atoms with E-state index in [9.17, 15) is 9.59 Å². The molecule has 1 aliphatic heterocycles. The van der Waals surface area contributed by atoms with Crippen LogP contribution in [0.15, 0.2) is 47.1 Å². The zero-order valence-corrected chi connectivity index (χ0v) is 13.1. The molecular weight excluding hydrogens is 292 g/mol. The van der Waals surface area contributed by atoms with Crippen LogP contribution in [0, 0.1) is 6.92 Å². The molecule has 0 spiro atoms. The van der Waals surface area contributed by atoms with E-state index in [1.165, 1.54) is 6.26 Å². The third-order valence-corrected chi connectivity index (χ3v) is 4.24. The SMILES string of the molecule is Cc1occc1C(=O)N1CCC(NC(=O)c2ccccc2)CC1. The van der Waals surface area contributed by atoms with Crippen LogP contribution >= 0.6 is 0 Å². The van der Waals surface area contributed by atoms with E-state index in [1.54, 1.807) is 25.1 Å². The van der Waals surface area contributed by atoms with Gasteiger partial charge < -0.3 is 14.6 Å². The van der Waals surface area contributed by atoms with Crippen molar-refractivity contribution in [3.05, 3.63) is 59.5 Å². The van der Waals surface area contributed by atoms with Gasteiger partial charge in [0.15, 0.2) is 0 Å². The second-order valence-electron chi connectivity index (χ2n) is 5.80. The molecular formula is C18H20N2O3. The number of furan rings is 1. The number of hydrogen-bond donors (Lipinski definition) is 1. The lowest BCUT2D eigenvalue weighted by Gasteiger charge is -2.32. The molecule has 1 aliphatic rings. The standard InChI is InChI=1S/C18H20N2O3/c1-13-16(9-12-23-13)18(22)20-10-7-15(8-11-20)19-17(21)14-5-3-2-4-6-14/h2-6,9,12,15H,7-8,10-11H2,1H3,(H,19,21). The third-order valence-electron chi connectivity index (χ3n) is 4.24. The number of rotatable bonds is 3. The minimum Gasteiger partial charge on any atom is -0.469 e. The minimum absolute atomic E-state index is 0.00378. The fourth-order valence-corrected chi connectivity index (χ4v) is 2.86. The fourth-order valence-electron chi connectivity index (χ4n) is 2.86. The van der Waals surface area contributed by atoms with Crippen LogP contribution < -0.4 is 5.32 Å². The number of benzene rings is 1. The van der Waals surface area contributed by atoms with Crippen LogP contribution in [-0.2, 0) is 0 Å². The monoisotopic (exact) mass is 312 g/mol. The van der Waals surface area contributed by atoms with Gasteiger partial charge >= 0.3 is 0 Å². The van der Waals surface area contributed by atoms with Crippen molar-refractivity contribution in [2.75, 3.05) is 13.1 Å². The molecule has 1 N–H and O–H groups in total. The number of likely N-dealkylation sites (tertiary alicyclic amines) is 1. The number of hydrogen-bond acceptors (Lipinski definition) is 3. The number of amides is 2. The smallest absolute Gasteiger partial charge is 0.257 e. The van der Waals surface area contributed by atoms with Crippen molar-refractivity contribution in [2.45, 2.75) is 25.8 Å². The van der Waals surface area contributed by atoms with E-state index >= 15 is 0 Å². The highest BCUT2D eigenvalue weighted by Gasteiger charge is 2.26. The third kappa shape index (κ3) is 3.44. The second kappa shape index (κ2) is 6.69. The summed E-state index contributed by atoms with van der Waals surface area (Å²) in [5, 5.41) is 3.05. The van der Waals surface area contributed by atoms with Gasteiger partial charge in [0.25, 0.3) is 11.8 Å². The molecule has 120 valence electrons. The first-order valence-electron chi connectivity index (χ1n) is 7.84. The summed E-state index contributed by atoms with van der Waals surface area (Å²) >= 11 is 0. The molecule has 0 atom stereocenters. The van der Waals surface area contributed by atoms with Crippen LogP contribution in [0.2, 0.25) is 0 Å². The zero-order valence-electron chi connectivity index (χ0n) is 13.1. The summed E-state index contributed by atoms with van der Waals surface area (Å²) in [5.41, 5.74) is 1.29. The Morgan fingerprint density at radius 3 is 2.43 bits per heavy atom. The van der Waals surface area contributed by atoms with Crippen LogP contribution in [0.25, 0.3) is 0 Å². The van der Waals surface area contributed by atoms with Crippen LogP contribution in [0.4, 0.5) is 0 Å². The summed E-state index contributed by atoms with van der Waals surface area (Å²) < 4.78 is 5.19. The topological polar surface area (TPSA) is 62.6 Å². The average Bonchev–Trinajstić information content (AvgIpc) is 3.02. The summed E-state index contributed by atoms with van der Waals surface area (Å²) in [7, 11) is 0. The Kier molecular flexibility index (Phi) is 4.46. The lowest BCUT2D eigenvalue weighted by atomic mass is 10.0. The Hall–Kier alpha value is -2.56. The van der Waals surface area contributed by atoms with Gasteiger partial charge in [-0.15, -0.1) is 0 Å². The second-order valence-corrected chi connectivity index (χ2v) is 5.80. The van der Waals surface area contributed by atoms with Crippen molar-refractivity contribution < 1.29 is 14.0 Å². The molecule has 5 nitrogen and oxygen atoms in total. The molecule has 3 rings (SSSR count). The van der Waals surface area contributed by atoms with Crippen LogP contribution in [0.3, 0.4) is 0 Å². The molecule has 0 bridgehead atoms. The number of carbonyl (C=O) groups is 2. The van der Waals surface area contributed by atoms with E-state index in [-0.39, 0.29) is 17.9 Å². The molecule has 2 heterocycles. The summed E-state index contributed by atoms with van der Waals surface area (Å²) in [6.45, 7) is 3.08. The van der Waals surface area contributed by atoms with Crippen LogP contribution in [-0.4, -0.2) is 35.8 Å². The maximum Gasteiger partial charge on any atom is 0.257 e. The van der Waals surface area contributed by atoms with Gasteiger partial charge in [0.1, 0.15) is 5.76 Å². The van der Waals surface area contributed by atoms with E-state index in [2.05, 4.69) is 5.32 Å². The lowest BCUT2D eigenvalue weighted by Crippen LogP contribution is -2.46. The van der Waals surface area contributed by atoms with Crippen LogP contribution in [0.5, 0.6) is 0 Å². The molecule has 23 heavy (non-hydrogen) atoms. The number of piperidine rings is 1. The highest BCUT2D eigenvalue weighted by atomic mass is 16.3. The molecule has 0 saturated carbocycles. The fraction of sp³-hybridized carbons (Fsp3) is 0.333. The summed E-state index contributed by atoms with van der Waals surface area (Å²) in [6, 6.07) is 11.0. The first kappa shape index (κ1) is 15.3. The molecule has 5 heteroatoms. The molecule has 0 aliphatic carbocycles. The van der Waals surface area contributed by atoms with Gasteiger partial charge in [-0.2, -0.15) is 0 Å². The Labute approximate surface area is 135 Å². The molecule has 2 aromatic rings. The number of nitrogens with zero attached hydrogens (tertiary/aromatic N) is 1. The van der Waals surface area contributed by atoms with E-state index in [0.29, 0.717) is 30.0 Å². The molecule has 0 radical (unpaired) electrons. The van der Waals surface area contributed by atoms with Gasteiger partial charge in [-0.05, 0) is 38.0 Å². The Bertz CT molecular complexity index is 685. The van der Waals surface area contributed by atoms with Gasteiger partial charge in [0, 0.05) is 24.7 Å². The predicted octanol–water partition coefficient (Wildman–Crippen LogP) is 2.62. The normalized spacial score (nSPS) is 15.4. The van der Waals surface area contributed by atoms with Crippen molar-refractivity contribution in [1.29, 1.82) is 0 Å². The first-order valence-corrected chi connectivity index (χ1v) is 7.84. The number of aryl methyl sites for hydroxylation is 1. The molecule has 1 aromatic heterocycles. The summed E-state index contributed by atoms with van der Waals surface area (Å²) in [4.78, 5) is 26.4. The van der Waals surface area contributed by atoms with Gasteiger partial charge in [-0.3, -0.25) is 9.59 Å². The Balaban J connectivity index is 1.54. The maximum absolute atomic E-state index is 12.4. The molecule has 1 aromatic carbocycles. The highest BCUT2D eigenvalue weighted by Crippen LogP contribution is 2.17. The maximum atomic E-state index is 12.4. The largest absolute Gasteiger partial charge is 0.469 e. The highest BCUT2D eigenvalue weighted by molar-refractivity contribution is 5.95. The van der Waals surface area contributed by atoms with Gasteiger partial charge in [-0.25, -0.2) is 0 Å².